The fourth-order valence-corrected chi connectivity index (χ4v) is 11.8. The smallest absolute Gasteiger partial charge is 0.312 e. The molecule has 2 saturated heterocycles. The van der Waals surface area contributed by atoms with Crippen molar-refractivity contribution in [3.05, 3.63) is 105 Å². The van der Waals surface area contributed by atoms with E-state index in [1.54, 1.807) is 19.1 Å². The Balaban J connectivity index is 0.929. The zero-order chi connectivity index (χ0) is 47.3. The number of ether oxygens (including phenoxy) is 1. The van der Waals surface area contributed by atoms with Crippen LogP contribution in [0.25, 0.3) is 11.0 Å². The number of aromatic amines is 1. The molecular formula is C50H57FN8O7S. The molecule has 0 unspecified atom stereocenters. The van der Waals surface area contributed by atoms with E-state index in [-0.39, 0.29) is 50.9 Å². The van der Waals surface area contributed by atoms with Crippen molar-refractivity contribution >= 4 is 44.2 Å². The van der Waals surface area contributed by atoms with Crippen LogP contribution in [0.2, 0.25) is 0 Å². The van der Waals surface area contributed by atoms with Crippen LogP contribution < -0.4 is 19.7 Å². The molecule has 0 radical (unpaired) electrons. The van der Waals surface area contributed by atoms with Gasteiger partial charge in [0.05, 0.1) is 27.7 Å². The minimum atomic E-state index is -4.73. The van der Waals surface area contributed by atoms with Crippen LogP contribution in [0.5, 0.6) is 11.5 Å². The lowest BCUT2D eigenvalue weighted by atomic mass is 9.70. The number of halogens is 1. The van der Waals surface area contributed by atoms with Crippen LogP contribution in [0.4, 0.5) is 21.6 Å². The second-order valence-corrected chi connectivity index (χ2v) is 21.3. The molecule has 0 bridgehead atoms. The summed E-state index contributed by atoms with van der Waals surface area (Å²) in [6.45, 7) is 10.3. The number of fused-ring (bicyclic) bond motifs is 1. The number of piperidine rings is 1. The Labute approximate surface area is 390 Å². The predicted molar refractivity (Wildman–Crippen MR) is 253 cm³/mol. The van der Waals surface area contributed by atoms with Crippen molar-refractivity contribution in [2.45, 2.75) is 107 Å². The van der Waals surface area contributed by atoms with Gasteiger partial charge in [-0.3, -0.25) is 19.8 Å². The minimum absolute atomic E-state index is 0.0211. The molecule has 5 aromatic rings. The molecule has 3 aromatic heterocycles. The number of hydrogen-bond acceptors (Lipinski definition) is 12. The highest BCUT2D eigenvalue weighted by molar-refractivity contribution is 7.90. The quantitative estimate of drug-likeness (QED) is 0.0499. The van der Waals surface area contributed by atoms with E-state index in [1.165, 1.54) is 42.5 Å². The molecule has 17 heteroatoms. The summed E-state index contributed by atoms with van der Waals surface area (Å²) in [7, 11) is -4.73. The standard InChI is InChI=1S/C50H57FN8O7S/c1-5-41-45(25-39-40(51)28-54-46(39)55-41)66-44-23-33(57-21-19-50(20-22-57)29-58(30-50)42-12-8-11-37(42)36-10-7-6-9-35(36)31(2)3)13-14-38(44)48(60)56-67(64,65)34-24-43(59(62)63)47(53-27-34)52-26-32-15-17-49(4,61)18-16-32/h1,6-7,9-10,13-14,23-25,27-28,31-32,37,42,61H,8,11-12,15-22,26,29-30H2,2-4H3,(H,52,53)(H,54,55)(H,56,60)/t32-,37-,42-,49-/m1/s1. The van der Waals surface area contributed by atoms with Crippen LogP contribution in [-0.2, 0) is 10.0 Å². The molecule has 2 saturated carbocycles. The lowest BCUT2D eigenvalue weighted by Gasteiger charge is -2.57. The number of carbonyl (C=O) groups is 1. The first-order chi connectivity index (χ1) is 32.0. The summed E-state index contributed by atoms with van der Waals surface area (Å²) in [6, 6.07) is 16.5. The number of benzene rings is 2. The first kappa shape index (κ1) is 46.0. The van der Waals surface area contributed by atoms with Gasteiger partial charge in [-0.15, -0.1) is 6.42 Å². The monoisotopic (exact) mass is 932 g/mol. The molecule has 4 fully saturated rings. The summed E-state index contributed by atoms with van der Waals surface area (Å²) in [5, 5.41) is 25.5. The molecule has 2 aliphatic heterocycles. The maximum Gasteiger partial charge on any atom is 0.312 e. The molecule has 4 aliphatic rings. The van der Waals surface area contributed by atoms with Gasteiger partial charge in [0, 0.05) is 62.8 Å². The van der Waals surface area contributed by atoms with Crippen LogP contribution >= 0.6 is 0 Å². The number of aromatic nitrogens is 3. The number of carbonyl (C=O) groups excluding carboxylic acids is 1. The number of nitrogens with zero attached hydrogens (tertiary/aromatic N) is 5. The normalized spacial score (nSPS) is 22.9. The van der Waals surface area contributed by atoms with Crippen LogP contribution in [0.1, 0.15) is 118 Å². The third kappa shape index (κ3) is 9.44. The SMILES string of the molecule is C#Cc1nc2[nH]cc(F)c2cc1Oc1cc(N2CCC3(CC2)CN([C@@H]2CCC[C@@H]2c2ccccc2C(C)C)C3)ccc1C(=O)NS(=O)(=O)c1cnc(NC[C@H]2CC[C@](C)(O)CC2)c([N+](=O)[O-])c1. The first-order valence-corrected chi connectivity index (χ1v) is 24.7. The molecule has 15 nitrogen and oxygen atoms in total. The average Bonchev–Trinajstić information content (AvgIpc) is 3.93. The van der Waals surface area contributed by atoms with Gasteiger partial charge in [-0.25, -0.2) is 27.5 Å². The number of H-pyrrole nitrogens is 1. The van der Waals surface area contributed by atoms with Crippen molar-refractivity contribution in [1.82, 2.24) is 24.6 Å². The summed E-state index contributed by atoms with van der Waals surface area (Å²) in [6.07, 6.45) is 16.1. The van der Waals surface area contributed by atoms with Gasteiger partial charge in [0.1, 0.15) is 22.1 Å². The molecule has 5 heterocycles. The molecule has 2 aliphatic carbocycles. The van der Waals surface area contributed by atoms with Gasteiger partial charge in [0.15, 0.2) is 11.4 Å². The second kappa shape index (κ2) is 18.2. The van der Waals surface area contributed by atoms with E-state index in [2.05, 4.69) is 74.1 Å². The van der Waals surface area contributed by atoms with Crippen molar-refractivity contribution in [3.8, 4) is 23.8 Å². The topological polar surface area (TPSA) is 196 Å². The third-order valence-electron chi connectivity index (χ3n) is 14.7. The zero-order valence-corrected chi connectivity index (χ0v) is 38.9. The van der Waals surface area contributed by atoms with Gasteiger partial charge in [0.2, 0.25) is 5.82 Å². The summed E-state index contributed by atoms with van der Waals surface area (Å²) in [5.74, 6) is 1.71. The molecule has 2 atom stereocenters. The highest BCUT2D eigenvalue weighted by atomic mass is 32.2. The lowest BCUT2D eigenvalue weighted by molar-refractivity contribution is -0.384. The van der Waals surface area contributed by atoms with E-state index in [0.717, 1.165) is 63.2 Å². The number of anilines is 2. The average molecular weight is 933 g/mol. The Morgan fingerprint density at radius 3 is 2.54 bits per heavy atom. The Bertz CT molecular complexity index is 2850. The summed E-state index contributed by atoms with van der Waals surface area (Å²) in [4.78, 5) is 40.9. The van der Waals surface area contributed by atoms with Crippen LogP contribution in [-0.4, -0.2) is 88.6 Å². The number of likely N-dealkylation sites (tertiary alicyclic amines) is 1. The first-order valence-electron chi connectivity index (χ1n) is 23.2. The fourth-order valence-electron chi connectivity index (χ4n) is 10.8. The highest BCUT2D eigenvalue weighted by Gasteiger charge is 2.49. The molecule has 2 aromatic carbocycles. The van der Waals surface area contributed by atoms with Gasteiger partial charge in [-0.1, -0.05) is 44.5 Å². The van der Waals surface area contributed by atoms with Gasteiger partial charge in [-0.2, -0.15) is 0 Å². The van der Waals surface area contributed by atoms with E-state index in [9.17, 15) is 32.8 Å². The molecule has 1 spiro atoms. The molecule has 67 heavy (non-hydrogen) atoms. The lowest BCUT2D eigenvalue weighted by Crippen LogP contribution is -2.63. The number of nitrogens with one attached hydrogen (secondary N) is 3. The molecule has 9 rings (SSSR count). The van der Waals surface area contributed by atoms with E-state index in [0.29, 0.717) is 50.1 Å². The van der Waals surface area contributed by atoms with Crippen LogP contribution in [0.15, 0.2) is 71.9 Å². The van der Waals surface area contributed by atoms with E-state index < -0.39 is 42.9 Å². The van der Waals surface area contributed by atoms with Gasteiger partial charge < -0.3 is 25.0 Å². The number of rotatable bonds is 13. The summed E-state index contributed by atoms with van der Waals surface area (Å²) in [5.41, 5.74) is 2.58. The van der Waals surface area contributed by atoms with Gasteiger partial charge in [0.25, 0.3) is 15.9 Å². The van der Waals surface area contributed by atoms with Crippen LogP contribution in [0.3, 0.4) is 0 Å². The van der Waals surface area contributed by atoms with Gasteiger partial charge in [-0.05, 0) is 117 Å². The molecule has 352 valence electrons. The number of nitro groups is 1. The predicted octanol–water partition coefficient (Wildman–Crippen LogP) is 8.61. The number of pyridine rings is 2. The largest absolute Gasteiger partial charge is 0.453 e. The fraction of sp³-hybridized carbons (Fsp3) is 0.460. The number of terminal acetylenes is 1. The second-order valence-electron chi connectivity index (χ2n) is 19.6. The maximum absolute atomic E-state index is 14.8. The number of aliphatic hydroxyl groups is 1. The van der Waals surface area contributed by atoms with Crippen LogP contribution in [0, 0.1) is 39.6 Å². The highest BCUT2D eigenvalue weighted by Crippen LogP contribution is 2.49. The molecule has 4 N–H and O–H groups in total. The van der Waals surface area contributed by atoms with Gasteiger partial charge >= 0.3 is 5.69 Å². The van der Waals surface area contributed by atoms with Crippen molar-refractivity contribution in [2.24, 2.45) is 11.3 Å². The number of hydrogen-bond donors (Lipinski definition) is 4. The Hall–Kier alpha value is -6.09. The molecule has 1 amide bonds. The maximum atomic E-state index is 14.8. The zero-order valence-electron chi connectivity index (χ0n) is 38.1. The number of sulfonamides is 1. The molecular weight excluding hydrogens is 876 g/mol. The van der Waals surface area contributed by atoms with Crippen molar-refractivity contribution in [1.29, 1.82) is 0 Å². The van der Waals surface area contributed by atoms with Crippen molar-refractivity contribution in [3.63, 3.8) is 0 Å². The number of amides is 1. The van der Waals surface area contributed by atoms with Crippen molar-refractivity contribution in [2.75, 3.05) is 42.9 Å². The van der Waals surface area contributed by atoms with E-state index >= 15 is 0 Å². The third-order valence-corrected chi connectivity index (χ3v) is 16.0. The van der Waals surface area contributed by atoms with Crippen molar-refractivity contribution < 1.29 is 32.4 Å². The Kier molecular flexibility index (Phi) is 12.5. The summed E-state index contributed by atoms with van der Waals surface area (Å²) >= 11 is 0. The van der Waals surface area contributed by atoms with E-state index in [4.69, 9.17) is 11.2 Å². The minimum Gasteiger partial charge on any atom is -0.453 e. The Morgan fingerprint density at radius 2 is 1.82 bits per heavy atom. The summed E-state index contributed by atoms with van der Waals surface area (Å²) < 4.78 is 50.7. The van der Waals surface area contributed by atoms with E-state index in [1.807, 2.05) is 4.72 Å². The Morgan fingerprint density at radius 1 is 1.07 bits per heavy atom.